The average Bonchev–Trinajstić information content (AvgIpc) is 2.86. The van der Waals surface area contributed by atoms with E-state index in [9.17, 15) is 4.79 Å². The molecular weight excluding hydrogens is 242 g/mol. The monoisotopic (exact) mass is 259 g/mol. The maximum atomic E-state index is 11.8. The fourth-order valence-corrected chi connectivity index (χ4v) is 1.80. The van der Waals surface area contributed by atoms with Gasteiger partial charge in [-0.3, -0.25) is 4.79 Å². The number of benzene rings is 1. The van der Waals surface area contributed by atoms with Crippen LogP contribution in [0.25, 0.3) is 0 Å². The molecule has 1 unspecified atom stereocenters. The Morgan fingerprint density at radius 2 is 2.16 bits per heavy atom. The molecule has 0 spiro atoms. The van der Waals surface area contributed by atoms with E-state index >= 15 is 0 Å². The molecule has 1 heterocycles. The Morgan fingerprint density at radius 3 is 2.79 bits per heavy atom. The summed E-state index contributed by atoms with van der Waals surface area (Å²) in [6.45, 7) is 2.27. The van der Waals surface area contributed by atoms with Crippen molar-refractivity contribution in [1.82, 2.24) is 10.5 Å². The van der Waals surface area contributed by atoms with Crippen molar-refractivity contribution >= 4 is 5.91 Å². The van der Waals surface area contributed by atoms with E-state index in [0.717, 1.165) is 11.1 Å². The molecule has 0 saturated carbocycles. The fraction of sp³-hybridized carbons (Fsp3) is 0.286. The number of hydrogen-bond donors (Lipinski definition) is 2. The zero-order valence-corrected chi connectivity index (χ0v) is 10.8. The number of rotatable bonds is 5. The van der Waals surface area contributed by atoms with Crippen LogP contribution in [0, 0.1) is 6.92 Å². The second-order valence-corrected chi connectivity index (χ2v) is 4.40. The van der Waals surface area contributed by atoms with Gasteiger partial charge in [0.2, 0.25) is 5.76 Å². The number of carbonyl (C=O) groups excluding carboxylic acids is 1. The number of aromatic nitrogens is 1. The molecular formula is C14H17N3O2. The Kier molecular flexibility index (Phi) is 4.30. The minimum absolute atomic E-state index is 0.0858. The molecule has 1 amide bonds. The quantitative estimate of drug-likeness (QED) is 0.858. The highest BCUT2D eigenvalue weighted by Crippen LogP contribution is 2.12. The van der Waals surface area contributed by atoms with E-state index in [1.807, 2.05) is 30.3 Å². The molecule has 3 N–H and O–H groups in total. The Labute approximate surface area is 111 Å². The van der Waals surface area contributed by atoms with Gasteiger partial charge < -0.3 is 15.6 Å². The first-order chi connectivity index (χ1) is 9.18. The van der Waals surface area contributed by atoms with Crippen molar-refractivity contribution in [2.75, 3.05) is 6.54 Å². The van der Waals surface area contributed by atoms with Crippen LogP contribution in [0.4, 0.5) is 0 Å². The molecule has 5 heteroatoms. The standard InChI is InChI=1S/C14H17N3O2/c1-10-9-17-19-13(10)14(18)16-8-7-12(15)11-5-3-2-4-6-11/h2-6,9,12H,7-8,15H2,1H3,(H,16,18). The first kappa shape index (κ1) is 13.3. The molecule has 19 heavy (non-hydrogen) atoms. The third-order valence-corrected chi connectivity index (χ3v) is 2.92. The number of hydrogen-bond acceptors (Lipinski definition) is 4. The molecule has 0 aliphatic heterocycles. The van der Waals surface area contributed by atoms with Gasteiger partial charge in [-0.25, -0.2) is 0 Å². The molecule has 2 rings (SSSR count). The normalized spacial score (nSPS) is 12.1. The zero-order valence-electron chi connectivity index (χ0n) is 10.8. The molecule has 100 valence electrons. The van der Waals surface area contributed by atoms with Gasteiger partial charge in [0, 0.05) is 18.2 Å². The molecule has 5 nitrogen and oxygen atoms in total. The highest BCUT2D eigenvalue weighted by atomic mass is 16.5. The van der Waals surface area contributed by atoms with Gasteiger partial charge in [-0.2, -0.15) is 0 Å². The molecule has 2 aromatic rings. The lowest BCUT2D eigenvalue weighted by atomic mass is 10.1. The number of nitrogens with two attached hydrogens (primary N) is 1. The average molecular weight is 259 g/mol. The Hall–Kier alpha value is -2.14. The summed E-state index contributed by atoms with van der Waals surface area (Å²) in [5.74, 6) is 0.00328. The third-order valence-electron chi connectivity index (χ3n) is 2.92. The van der Waals surface area contributed by atoms with E-state index in [0.29, 0.717) is 13.0 Å². The maximum Gasteiger partial charge on any atom is 0.290 e. The second kappa shape index (κ2) is 6.15. The smallest absolute Gasteiger partial charge is 0.290 e. The van der Waals surface area contributed by atoms with Crippen molar-refractivity contribution in [3.05, 3.63) is 53.4 Å². The Morgan fingerprint density at radius 1 is 1.42 bits per heavy atom. The van der Waals surface area contributed by atoms with Crippen LogP contribution in [0.15, 0.2) is 41.1 Å². The van der Waals surface area contributed by atoms with Gasteiger partial charge in [0.1, 0.15) is 0 Å². The topological polar surface area (TPSA) is 81.2 Å². The molecule has 0 saturated heterocycles. The van der Waals surface area contributed by atoms with Crippen LogP contribution >= 0.6 is 0 Å². The van der Waals surface area contributed by atoms with Crippen LogP contribution in [0.3, 0.4) is 0 Å². The minimum atomic E-state index is -0.254. The summed E-state index contributed by atoms with van der Waals surface area (Å²) < 4.78 is 4.87. The molecule has 0 fully saturated rings. The predicted molar refractivity (Wildman–Crippen MR) is 71.6 cm³/mol. The van der Waals surface area contributed by atoms with Gasteiger partial charge in [0.25, 0.3) is 5.91 Å². The van der Waals surface area contributed by atoms with E-state index in [-0.39, 0.29) is 17.7 Å². The van der Waals surface area contributed by atoms with Crippen molar-refractivity contribution in [2.45, 2.75) is 19.4 Å². The highest BCUT2D eigenvalue weighted by Gasteiger charge is 2.14. The molecule has 0 aliphatic rings. The SMILES string of the molecule is Cc1cnoc1C(=O)NCCC(N)c1ccccc1. The number of amides is 1. The second-order valence-electron chi connectivity index (χ2n) is 4.40. The van der Waals surface area contributed by atoms with Crippen molar-refractivity contribution in [3.63, 3.8) is 0 Å². The van der Waals surface area contributed by atoms with Gasteiger partial charge in [0.05, 0.1) is 6.20 Å². The van der Waals surface area contributed by atoms with Crippen LogP contribution < -0.4 is 11.1 Å². The summed E-state index contributed by atoms with van der Waals surface area (Å²) >= 11 is 0. The van der Waals surface area contributed by atoms with Crippen LogP contribution in [-0.4, -0.2) is 17.6 Å². The van der Waals surface area contributed by atoms with E-state index in [2.05, 4.69) is 10.5 Å². The first-order valence-corrected chi connectivity index (χ1v) is 6.18. The Bertz CT molecular complexity index is 537. The van der Waals surface area contributed by atoms with Gasteiger partial charge in [-0.1, -0.05) is 35.5 Å². The summed E-state index contributed by atoms with van der Waals surface area (Å²) in [5.41, 5.74) is 7.83. The molecule has 1 aromatic heterocycles. The van der Waals surface area contributed by atoms with E-state index < -0.39 is 0 Å². The third kappa shape index (κ3) is 3.42. The molecule has 0 aliphatic carbocycles. The van der Waals surface area contributed by atoms with Gasteiger partial charge in [0.15, 0.2) is 0 Å². The van der Waals surface area contributed by atoms with E-state index in [4.69, 9.17) is 10.3 Å². The van der Waals surface area contributed by atoms with E-state index in [1.54, 1.807) is 6.92 Å². The number of nitrogens with one attached hydrogen (secondary N) is 1. The first-order valence-electron chi connectivity index (χ1n) is 6.18. The highest BCUT2D eigenvalue weighted by molar-refractivity contribution is 5.92. The minimum Gasteiger partial charge on any atom is -0.351 e. The number of carbonyl (C=O) groups is 1. The van der Waals surface area contributed by atoms with Crippen molar-refractivity contribution < 1.29 is 9.32 Å². The number of aryl methyl sites for hydroxylation is 1. The number of nitrogens with zero attached hydrogens (tertiary/aromatic N) is 1. The largest absolute Gasteiger partial charge is 0.351 e. The fourth-order valence-electron chi connectivity index (χ4n) is 1.80. The predicted octanol–water partition coefficient (Wildman–Crippen LogP) is 1.80. The summed E-state index contributed by atoms with van der Waals surface area (Å²) in [6.07, 6.45) is 2.19. The zero-order chi connectivity index (χ0) is 13.7. The summed E-state index contributed by atoms with van der Waals surface area (Å²) in [5, 5.41) is 6.35. The maximum absolute atomic E-state index is 11.8. The van der Waals surface area contributed by atoms with Gasteiger partial charge in [-0.15, -0.1) is 0 Å². The summed E-state index contributed by atoms with van der Waals surface area (Å²) in [6, 6.07) is 9.72. The van der Waals surface area contributed by atoms with Crippen molar-refractivity contribution in [3.8, 4) is 0 Å². The molecule has 0 bridgehead atoms. The van der Waals surface area contributed by atoms with Gasteiger partial charge in [-0.05, 0) is 18.9 Å². The van der Waals surface area contributed by atoms with Crippen LogP contribution in [0.5, 0.6) is 0 Å². The lowest BCUT2D eigenvalue weighted by molar-refractivity contribution is 0.0915. The Balaban J connectivity index is 1.81. The van der Waals surface area contributed by atoms with Gasteiger partial charge >= 0.3 is 0 Å². The molecule has 0 radical (unpaired) electrons. The lowest BCUT2D eigenvalue weighted by Gasteiger charge is -2.12. The van der Waals surface area contributed by atoms with E-state index in [1.165, 1.54) is 6.20 Å². The summed E-state index contributed by atoms with van der Waals surface area (Å²) in [4.78, 5) is 11.8. The van der Waals surface area contributed by atoms with Crippen molar-refractivity contribution in [1.29, 1.82) is 0 Å². The van der Waals surface area contributed by atoms with Crippen molar-refractivity contribution in [2.24, 2.45) is 5.73 Å². The van der Waals surface area contributed by atoms with Crippen LogP contribution in [0.2, 0.25) is 0 Å². The molecule has 1 atom stereocenters. The van der Waals surface area contributed by atoms with Crippen LogP contribution in [0.1, 0.15) is 34.1 Å². The van der Waals surface area contributed by atoms with Crippen LogP contribution in [-0.2, 0) is 0 Å². The summed E-state index contributed by atoms with van der Waals surface area (Å²) in [7, 11) is 0. The lowest BCUT2D eigenvalue weighted by Crippen LogP contribution is -2.27. The molecule has 1 aromatic carbocycles.